The molecule has 6 heteroatoms. The highest BCUT2D eigenvalue weighted by Gasteiger charge is 2.62. The number of rotatable bonds is 4. The van der Waals surface area contributed by atoms with Crippen molar-refractivity contribution in [3.8, 4) is 0 Å². The number of allylic oxidation sites excluding steroid dienone is 4. The third-order valence-electron chi connectivity index (χ3n) is 7.21. The van der Waals surface area contributed by atoms with Crippen LogP contribution in [-0.4, -0.2) is 30.3 Å². The van der Waals surface area contributed by atoms with Gasteiger partial charge in [-0.05, 0) is 36.8 Å². The van der Waals surface area contributed by atoms with Crippen molar-refractivity contribution in [2.24, 2.45) is 11.8 Å². The van der Waals surface area contributed by atoms with Gasteiger partial charge in [-0.3, -0.25) is 0 Å². The van der Waals surface area contributed by atoms with E-state index in [0.717, 1.165) is 12.8 Å². The smallest absolute Gasteiger partial charge is 0.0813 e. The number of fused-ring (bicyclic) bond motifs is 4. The molecule has 8 atom stereocenters. The third kappa shape index (κ3) is 2.85. The molecule has 4 aliphatic carbocycles. The molecule has 2 fully saturated rings. The van der Waals surface area contributed by atoms with Gasteiger partial charge in [-0.2, -0.15) is 0 Å². The molecule has 2 saturated carbocycles. The Morgan fingerprint density at radius 2 is 1.00 bits per heavy atom. The molecular weight excluding hydrogens is 477 g/mol. The van der Waals surface area contributed by atoms with E-state index in [0.29, 0.717) is 12.8 Å². The van der Waals surface area contributed by atoms with Crippen LogP contribution in [0, 0.1) is 11.8 Å². The number of alkyl halides is 6. The van der Waals surface area contributed by atoms with Crippen molar-refractivity contribution in [1.29, 1.82) is 0 Å². The predicted molar refractivity (Wildman–Crippen MR) is 122 cm³/mol. The lowest BCUT2D eigenvalue weighted by molar-refractivity contribution is 0.461. The number of benzene rings is 1. The van der Waals surface area contributed by atoms with Crippen LogP contribution in [0.15, 0.2) is 48.6 Å². The summed E-state index contributed by atoms with van der Waals surface area (Å²) in [6, 6.07) is 8.42. The van der Waals surface area contributed by atoms with Crippen LogP contribution < -0.4 is 0 Å². The molecule has 4 aliphatic rings. The van der Waals surface area contributed by atoms with Gasteiger partial charge < -0.3 is 0 Å². The Kier molecular flexibility index (Phi) is 4.70. The zero-order valence-corrected chi connectivity index (χ0v) is 19.6. The summed E-state index contributed by atoms with van der Waals surface area (Å²) in [6.07, 6.45) is 10.9. The van der Waals surface area contributed by atoms with Crippen molar-refractivity contribution in [2.75, 3.05) is 0 Å². The molecule has 0 aromatic heterocycles. The average Bonchev–Trinajstić information content (AvgIpc) is 3.25. The average molecular weight is 497 g/mol. The van der Waals surface area contributed by atoms with Crippen molar-refractivity contribution >= 4 is 69.6 Å². The summed E-state index contributed by atoms with van der Waals surface area (Å²) in [5.74, 6) is 0.158. The van der Waals surface area contributed by atoms with Crippen LogP contribution in [0.2, 0.25) is 0 Å². The highest BCUT2D eigenvalue weighted by atomic mass is 35.5. The third-order valence-corrected chi connectivity index (χ3v) is 10.9. The van der Waals surface area contributed by atoms with E-state index in [1.807, 2.05) is 24.3 Å². The highest BCUT2D eigenvalue weighted by molar-refractivity contribution is 6.39. The number of hydrogen-bond donors (Lipinski definition) is 0. The molecule has 1 aromatic carbocycles. The first-order valence-electron chi connectivity index (χ1n) is 9.60. The van der Waals surface area contributed by atoms with E-state index in [1.165, 1.54) is 11.1 Å². The Morgan fingerprint density at radius 3 is 1.32 bits per heavy atom. The van der Waals surface area contributed by atoms with Crippen molar-refractivity contribution < 1.29 is 0 Å². The van der Waals surface area contributed by atoms with Crippen LogP contribution in [0.4, 0.5) is 0 Å². The van der Waals surface area contributed by atoms with E-state index >= 15 is 0 Å². The molecular formula is C22H20Cl6. The van der Waals surface area contributed by atoms with Gasteiger partial charge in [0.25, 0.3) is 0 Å². The molecule has 0 spiro atoms. The van der Waals surface area contributed by atoms with Gasteiger partial charge in [-0.25, -0.2) is 0 Å². The minimum atomic E-state index is -0.537. The zero-order valence-electron chi connectivity index (χ0n) is 15.0. The lowest BCUT2D eigenvalue weighted by atomic mass is 9.81. The second-order valence-electron chi connectivity index (χ2n) is 8.92. The van der Waals surface area contributed by atoms with Gasteiger partial charge in [0.05, 0.1) is 30.3 Å². The molecule has 1 aromatic rings. The standard InChI is InChI=1S/C22H20Cl6/c23-17-15(19(25)5-7-21(17,27)11-19)9-13-3-1-2-4-14(13)10-16-18(24)22(28)8-6-20(16,26)12-22/h1-8,15-18H,9-12H2. The Morgan fingerprint density at radius 1 is 0.643 bits per heavy atom. The van der Waals surface area contributed by atoms with Gasteiger partial charge in [0.1, 0.15) is 0 Å². The largest absolute Gasteiger partial charge is 0.120 e. The van der Waals surface area contributed by atoms with Crippen LogP contribution >= 0.6 is 69.6 Å². The van der Waals surface area contributed by atoms with Crippen LogP contribution in [0.3, 0.4) is 0 Å². The first-order valence-corrected chi connectivity index (χ1v) is 12.0. The maximum Gasteiger partial charge on any atom is 0.0813 e. The van der Waals surface area contributed by atoms with E-state index in [-0.39, 0.29) is 22.6 Å². The monoisotopic (exact) mass is 494 g/mol. The van der Waals surface area contributed by atoms with Gasteiger partial charge in [0.15, 0.2) is 0 Å². The topological polar surface area (TPSA) is 0 Å². The minimum absolute atomic E-state index is 0.0792. The molecule has 8 unspecified atom stereocenters. The van der Waals surface area contributed by atoms with Crippen molar-refractivity contribution in [2.45, 2.75) is 55.9 Å². The molecule has 28 heavy (non-hydrogen) atoms. The van der Waals surface area contributed by atoms with Gasteiger partial charge in [-0.15, -0.1) is 69.6 Å². The summed E-state index contributed by atoms with van der Waals surface area (Å²) < 4.78 is 0. The molecule has 0 aliphatic heterocycles. The molecule has 0 heterocycles. The number of hydrogen-bond acceptors (Lipinski definition) is 0. The summed E-state index contributed by atoms with van der Waals surface area (Å²) in [5.41, 5.74) is 2.47. The van der Waals surface area contributed by atoms with Crippen LogP contribution in [-0.2, 0) is 12.8 Å². The fourth-order valence-corrected chi connectivity index (χ4v) is 8.68. The van der Waals surface area contributed by atoms with Crippen LogP contribution in [0.1, 0.15) is 24.0 Å². The fraction of sp³-hybridized carbons (Fsp3) is 0.545. The second-order valence-corrected chi connectivity index (χ2v) is 12.7. The normalized spacial score (nSPS) is 50.8. The summed E-state index contributed by atoms with van der Waals surface area (Å²) >= 11 is 40.8. The maximum absolute atomic E-state index is 6.91. The van der Waals surface area contributed by atoms with Gasteiger partial charge in [0.2, 0.25) is 0 Å². The highest BCUT2D eigenvalue weighted by Crippen LogP contribution is 2.61. The maximum atomic E-state index is 6.91. The van der Waals surface area contributed by atoms with E-state index in [9.17, 15) is 0 Å². The van der Waals surface area contributed by atoms with E-state index in [2.05, 4.69) is 24.3 Å². The molecule has 4 bridgehead atoms. The lowest BCUT2D eigenvalue weighted by Crippen LogP contribution is -2.36. The molecule has 0 saturated heterocycles. The van der Waals surface area contributed by atoms with Crippen molar-refractivity contribution in [1.82, 2.24) is 0 Å². The SMILES string of the molecule is ClC1C(Cc2ccccc2CC2C(Cl)C3(Cl)C=CC2(Cl)C3)C2(Cl)C=CC1(Cl)C2. The number of halogens is 6. The zero-order chi connectivity index (χ0) is 19.9. The minimum Gasteiger partial charge on any atom is -0.120 e. The molecule has 150 valence electrons. The molecule has 0 radical (unpaired) electrons. The second kappa shape index (κ2) is 6.47. The van der Waals surface area contributed by atoms with Gasteiger partial charge in [0, 0.05) is 11.8 Å². The first-order chi connectivity index (χ1) is 13.1. The summed E-state index contributed by atoms with van der Waals surface area (Å²) in [6.45, 7) is 0. The molecule has 5 rings (SSSR count). The first kappa shape index (κ1) is 20.3. The van der Waals surface area contributed by atoms with Crippen molar-refractivity contribution in [3.63, 3.8) is 0 Å². The summed E-state index contributed by atoms with van der Waals surface area (Å²) in [5, 5.41) is -0.386. The van der Waals surface area contributed by atoms with Gasteiger partial charge >= 0.3 is 0 Å². The summed E-state index contributed by atoms with van der Waals surface area (Å²) in [7, 11) is 0. The Hall–Kier alpha value is 0.440. The Balaban J connectivity index is 1.42. The van der Waals surface area contributed by atoms with Crippen LogP contribution in [0.5, 0.6) is 0 Å². The molecule has 0 nitrogen and oxygen atoms in total. The summed E-state index contributed by atoms with van der Waals surface area (Å²) in [4.78, 5) is -2.02. The lowest BCUT2D eigenvalue weighted by Gasteiger charge is -2.33. The molecule has 0 amide bonds. The fourth-order valence-electron chi connectivity index (χ4n) is 5.64. The molecule has 0 N–H and O–H groups in total. The van der Waals surface area contributed by atoms with Crippen molar-refractivity contribution in [3.05, 3.63) is 59.7 Å². The Bertz CT molecular complexity index is 811. The van der Waals surface area contributed by atoms with Gasteiger partial charge in [-0.1, -0.05) is 48.6 Å². The Labute approximate surface area is 196 Å². The predicted octanol–water partition coefficient (Wildman–Crippen LogP) is 7.08. The quantitative estimate of drug-likeness (QED) is 0.308. The van der Waals surface area contributed by atoms with E-state index < -0.39 is 19.5 Å². The van der Waals surface area contributed by atoms with Crippen LogP contribution in [0.25, 0.3) is 0 Å². The van der Waals surface area contributed by atoms with E-state index in [4.69, 9.17) is 69.6 Å². The van der Waals surface area contributed by atoms with E-state index in [1.54, 1.807) is 0 Å².